The molecule has 7 heteroatoms. The number of hydrazone groups is 1. The lowest BCUT2D eigenvalue weighted by atomic mass is 10.2. The Labute approximate surface area is 116 Å². The van der Waals surface area contributed by atoms with E-state index in [1.54, 1.807) is 0 Å². The Bertz CT molecular complexity index is 559. The van der Waals surface area contributed by atoms with Gasteiger partial charge in [-0.2, -0.15) is 5.10 Å². The Morgan fingerprint density at radius 1 is 1.15 bits per heavy atom. The van der Waals surface area contributed by atoms with E-state index in [2.05, 4.69) is 25.6 Å². The number of morpholine rings is 1. The standard InChI is InChI=1S/C13H16N6O/c14-12-11(16-15-10-4-2-1-3-5-10)13(18-17-12)19-6-8-20-9-7-19/h1-5,15H,6-9H2,(H2,14,16,17). The van der Waals surface area contributed by atoms with Gasteiger partial charge in [-0.05, 0) is 12.1 Å². The van der Waals surface area contributed by atoms with E-state index in [1.807, 2.05) is 30.3 Å². The molecular formula is C13H16N6O. The average molecular weight is 272 g/mol. The summed E-state index contributed by atoms with van der Waals surface area (Å²) in [6.07, 6.45) is 0. The first-order chi connectivity index (χ1) is 9.84. The molecule has 0 unspecified atom stereocenters. The smallest absolute Gasteiger partial charge is 0.183 e. The van der Waals surface area contributed by atoms with E-state index in [4.69, 9.17) is 10.5 Å². The normalized spacial score (nSPS) is 20.8. The molecule has 2 heterocycles. The van der Waals surface area contributed by atoms with E-state index in [0.717, 1.165) is 18.8 Å². The molecule has 2 aliphatic heterocycles. The molecule has 1 aromatic carbocycles. The van der Waals surface area contributed by atoms with Crippen LogP contribution in [0.25, 0.3) is 0 Å². The third-order valence-electron chi connectivity index (χ3n) is 3.09. The second-order valence-corrected chi connectivity index (χ2v) is 4.45. The zero-order chi connectivity index (χ0) is 13.8. The number of para-hydroxylation sites is 1. The van der Waals surface area contributed by atoms with Crippen LogP contribution < -0.4 is 11.2 Å². The highest BCUT2D eigenvalue weighted by atomic mass is 16.5. The summed E-state index contributed by atoms with van der Waals surface area (Å²) in [7, 11) is 0. The molecule has 0 aromatic heterocycles. The van der Waals surface area contributed by atoms with Gasteiger partial charge in [0.25, 0.3) is 0 Å². The first kappa shape index (κ1) is 12.6. The van der Waals surface area contributed by atoms with Crippen LogP contribution in [-0.4, -0.2) is 48.6 Å². The number of rotatable bonds is 2. The number of nitrogens with two attached hydrogens (primary N) is 1. The molecule has 0 aliphatic carbocycles. The largest absolute Gasteiger partial charge is 0.380 e. The van der Waals surface area contributed by atoms with Gasteiger partial charge in [0.15, 0.2) is 17.4 Å². The number of hydrogen-bond acceptors (Lipinski definition) is 7. The lowest BCUT2D eigenvalue weighted by Crippen LogP contribution is -2.46. The number of amidine groups is 2. The molecule has 0 atom stereocenters. The monoisotopic (exact) mass is 272 g/mol. The van der Waals surface area contributed by atoms with Gasteiger partial charge in [0, 0.05) is 13.1 Å². The minimum absolute atomic E-state index is 0.329. The summed E-state index contributed by atoms with van der Waals surface area (Å²) in [6, 6.07) is 9.68. The second kappa shape index (κ2) is 5.70. The van der Waals surface area contributed by atoms with Crippen LogP contribution in [0.1, 0.15) is 0 Å². The Morgan fingerprint density at radius 3 is 2.65 bits per heavy atom. The van der Waals surface area contributed by atoms with Crippen LogP contribution in [0, 0.1) is 0 Å². The quantitative estimate of drug-likeness (QED) is 0.766. The molecule has 104 valence electrons. The first-order valence-corrected chi connectivity index (χ1v) is 6.48. The van der Waals surface area contributed by atoms with Gasteiger partial charge in [0.2, 0.25) is 0 Å². The Kier molecular flexibility index (Phi) is 3.60. The SMILES string of the molecule is NC1=NN=C(N2CCOCC2)/C1=N\Nc1ccccc1. The van der Waals surface area contributed by atoms with Crippen molar-refractivity contribution in [1.82, 2.24) is 4.90 Å². The number of benzene rings is 1. The van der Waals surface area contributed by atoms with Crippen molar-refractivity contribution in [3.63, 3.8) is 0 Å². The maximum atomic E-state index is 5.85. The van der Waals surface area contributed by atoms with Crippen LogP contribution in [-0.2, 0) is 4.74 Å². The summed E-state index contributed by atoms with van der Waals surface area (Å²) in [5.41, 5.74) is 10.3. The fourth-order valence-electron chi connectivity index (χ4n) is 2.04. The highest BCUT2D eigenvalue weighted by Gasteiger charge is 2.26. The molecule has 1 fully saturated rings. The predicted molar refractivity (Wildman–Crippen MR) is 78.9 cm³/mol. The minimum atomic E-state index is 0.329. The molecule has 1 saturated heterocycles. The molecule has 2 aliphatic rings. The van der Waals surface area contributed by atoms with Gasteiger partial charge in [-0.25, -0.2) is 0 Å². The fraction of sp³-hybridized carbons (Fsp3) is 0.308. The molecule has 1 aromatic rings. The van der Waals surface area contributed by atoms with Gasteiger partial charge >= 0.3 is 0 Å². The molecule has 0 spiro atoms. The summed E-state index contributed by atoms with van der Waals surface area (Å²) >= 11 is 0. The Balaban J connectivity index is 1.75. The molecule has 3 N–H and O–H groups in total. The van der Waals surface area contributed by atoms with Crippen molar-refractivity contribution in [2.24, 2.45) is 21.0 Å². The highest BCUT2D eigenvalue weighted by Crippen LogP contribution is 2.09. The fourth-order valence-corrected chi connectivity index (χ4v) is 2.04. The third kappa shape index (κ3) is 2.62. The summed E-state index contributed by atoms with van der Waals surface area (Å²) in [6.45, 7) is 2.90. The molecule has 0 radical (unpaired) electrons. The zero-order valence-corrected chi connectivity index (χ0v) is 11.0. The van der Waals surface area contributed by atoms with Gasteiger partial charge in [-0.3, -0.25) is 5.43 Å². The zero-order valence-electron chi connectivity index (χ0n) is 11.0. The van der Waals surface area contributed by atoms with Gasteiger partial charge in [-0.15, -0.1) is 10.2 Å². The third-order valence-corrected chi connectivity index (χ3v) is 3.09. The van der Waals surface area contributed by atoms with E-state index < -0.39 is 0 Å². The van der Waals surface area contributed by atoms with Crippen molar-refractivity contribution in [3.8, 4) is 0 Å². The summed E-state index contributed by atoms with van der Waals surface area (Å²) in [5.74, 6) is 1.03. The van der Waals surface area contributed by atoms with Crippen LogP contribution in [0.15, 0.2) is 45.6 Å². The maximum absolute atomic E-state index is 5.85. The maximum Gasteiger partial charge on any atom is 0.183 e. The molecule has 0 bridgehead atoms. The molecule has 3 rings (SSSR count). The van der Waals surface area contributed by atoms with Crippen molar-refractivity contribution in [1.29, 1.82) is 0 Å². The van der Waals surface area contributed by atoms with Gasteiger partial charge in [-0.1, -0.05) is 18.2 Å². The molecular weight excluding hydrogens is 256 g/mol. The molecule has 7 nitrogen and oxygen atoms in total. The predicted octanol–water partition coefficient (Wildman–Crippen LogP) is 0.471. The van der Waals surface area contributed by atoms with Crippen LogP contribution in [0.5, 0.6) is 0 Å². The number of anilines is 1. The van der Waals surface area contributed by atoms with Crippen molar-refractivity contribution >= 4 is 23.1 Å². The number of hydrogen-bond donors (Lipinski definition) is 2. The molecule has 0 saturated carbocycles. The van der Waals surface area contributed by atoms with E-state index >= 15 is 0 Å². The summed E-state index contributed by atoms with van der Waals surface area (Å²) in [4.78, 5) is 2.08. The lowest BCUT2D eigenvalue weighted by Gasteiger charge is -2.28. The van der Waals surface area contributed by atoms with Gasteiger partial charge < -0.3 is 15.4 Å². The summed E-state index contributed by atoms with van der Waals surface area (Å²) in [5, 5.41) is 12.4. The van der Waals surface area contributed by atoms with Crippen molar-refractivity contribution in [2.45, 2.75) is 0 Å². The van der Waals surface area contributed by atoms with Crippen molar-refractivity contribution in [3.05, 3.63) is 30.3 Å². The average Bonchev–Trinajstić information content (AvgIpc) is 2.88. The number of ether oxygens (including phenoxy) is 1. The minimum Gasteiger partial charge on any atom is -0.380 e. The van der Waals surface area contributed by atoms with Gasteiger partial charge in [0.05, 0.1) is 18.9 Å². The first-order valence-electron chi connectivity index (χ1n) is 6.48. The second-order valence-electron chi connectivity index (χ2n) is 4.45. The van der Waals surface area contributed by atoms with Crippen LogP contribution in [0.3, 0.4) is 0 Å². The van der Waals surface area contributed by atoms with Gasteiger partial charge in [0.1, 0.15) is 0 Å². The van der Waals surface area contributed by atoms with Crippen molar-refractivity contribution in [2.75, 3.05) is 31.7 Å². The van der Waals surface area contributed by atoms with Crippen LogP contribution >= 0.6 is 0 Å². The van der Waals surface area contributed by atoms with E-state index in [0.29, 0.717) is 30.6 Å². The molecule has 20 heavy (non-hydrogen) atoms. The van der Waals surface area contributed by atoms with E-state index in [-0.39, 0.29) is 0 Å². The van der Waals surface area contributed by atoms with Crippen LogP contribution in [0.4, 0.5) is 5.69 Å². The van der Waals surface area contributed by atoms with Crippen molar-refractivity contribution < 1.29 is 4.74 Å². The Morgan fingerprint density at radius 2 is 1.90 bits per heavy atom. The Hall–Kier alpha value is -2.41. The summed E-state index contributed by atoms with van der Waals surface area (Å²) < 4.78 is 5.33. The molecule has 0 amide bonds. The number of nitrogens with zero attached hydrogens (tertiary/aromatic N) is 4. The number of nitrogens with one attached hydrogen (secondary N) is 1. The van der Waals surface area contributed by atoms with E-state index in [9.17, 15) is 0 Å². The highest BCUT2D eigenvalue weighted by molar-refractivity contribution is 6.68. The van der Waals surface area contributed by atoms with Crippen LogP contribution in [0.2, 0.25) is 0 Å². The lowest BCUT2D eigenvalue weighted by molar-refractivity contribution is 0.0689. The topological polar surface area (TPSA) is 87.6 Å². The van der Waals surface area contributed by atoms with E-state index in [1.165, 1.54) is 0 Å².